The lowest BCUT2D eigenvalue weighted by atomic mass is 9.77. The molecule has 0 bridgehead atoms. The number of aliphatic hydroxyl groups excluding tert-OH is 1. The number of phenols is 1. The Morgan fingerprint density at radius 1 is 1.15 bits per heavy atom. The van der Waals surface area contributed by atoms with Crippen molar-refractivity contribution in [2.45, 2.75) is 13.0 Å². The summed E-state index contributed by atoms with van der Waals surface area (Å²) < 4.78 is 0. The summed E-state index contributed by atoms with van der Waals surface area (Å²) in [5, 5.41) is 21.8. The number of carbonyl (C=O) groups is 3. The van der Waals surface area contributed by atoms with Crippen LogP contribution in [0.3, 0.4) is 0 Å². The molecule has 1 aliphatic heterocycles. The number of Topliss-reactive ketones (excluding diaryl/α,β-unsaturated/α-hetero) is 2. The highest BCUT2D eigenvalue weighted by Crippen LogP contribution is 2.36. The molecule has 3 rings (SSSR count). The van der Waals surface area contributed by atoms with E-state index in [-0.39, 0.29) is 28.1 Å². The number of amides is 1. The van der Waals surface area contributed by atoms with Crippen LogP contribution in [0.2, 0.25) is 0 Å². The van der Waals surface area contributed by atoms with E-state index in [2.05, 4.69) is 5.32 Å². The largest absolute Gasteiger partial charge is 0.507 e. The maximum Gasteiger partial charge on any atom is 0.253 e. The molecule has 20 heavy (non-hydrogen) atoms. The third-order valence-corrected chi connectivity index (χ3v) is 3.70. The Morgan fingerprint density at radius 3 is 2.55 bits per heavy atom. The molecule has 0 aromatic heterocycles. The van der Waals surface area contributed by atoms with Gasteiger partial charge >= 0.3 is 0 Å². The molecule has 6 heteroatoms. The number of fused-ring (bicyclic) bond motifs is 1. The van der Waals surface area contributed by atoms with Gasteiger partial charge < -0.3 is 15.5 Å². The van der Waals surface area contributed by atoms with E-state index in [0.717, 1.165) is 0 Å². The maximum atomic E-state index is 12.4. The SMILES string of the molecule is C[C@H]1C2=C(NC(=O)[C@@H]1O)C(=O)c1cccc(O)c1C2=O. The van der Waals surface area contributed by atoms with Gasteiger partial charge in [0.1, 0.15) is 11.9 Å². The van der Waals surface area contributed by atoms with Crippen LogP contribution in [0, 0.1) is 5.92 Å². The van der Waals surface area contributed by atoms with E-state index in [1.54, 1.807) is 0 Å². The van der Waals surface area contributed by atoms with E-state index in [1.165, 1.54) is 25.1 Å². The van der Waals surface area contributed by atoms with E-state index >= 15 is 0 Å². The predicted molar refractivity (Wildman–Crippen MR) is 67.1 cm³/mol. The lowest BCUT2D eigenvalue weighted by molar-refractivity contribution is -0.131. The Labute approximate surface area is 113 Å². The first-order valence-corrected chi connectivity index (χ1v) is 6.08. The van der Waals surface area contributed by atoms with Gasteiger partial charge in [-0.2, -0.15) is 0 Å². The van der Waals surface area contributed by atoms with Crippen molar-refractivity contribution in [3.63, 3.8) is 0 Å². The van der Waals surface area contributed by atoms with Crippen molar-refractivity contribution in [3.05, 3.63) is 40.6 Å². The second kappa shape index (κ2) is 4.01. The van der Waals surface area contributed by atoms with Crippen molar-refractivity contribution in [2.75, 3.05) is 0 Å². The number of aromatic hydroxyl groups is 1. The molecule has 1 aromatic carbocycles. The van der Waals surface area contributed by atoms with Gasteiger partial charge in [0.2, 0.25) is 5.78 Å². The average Bonchev–Trinajstić information content (AvgIpc) is 2.41. The van der Waals surface area contributed by atoms with E-state index in [9.17, 15) is 24.6 Å². The van der Waals surface area contributed by atoms with Gasteiger partial charge in [-0.15, -0.1) is 0 Å². The molecule has 3 N–H and O–H groups in total. The summed E-state index contributed by atoms with van der Waals surface area (Å²) in [6, 6.07) is 4.19. The molecule has 2 atom stereocenters. The molecule has 2 aliphatic rings. The Morgan fingerprint density at radius 2 is 1.85 bits per heavy atom. The summed E-state index contributed by atoms with van der Waals surface area (Å²) in [7, 11) is 0. The molecule has 0 spiro atoms. The van der Waals surface area contributed by atoms with E-state index < -0.39 is 29.5 Å². The highest BCUT2D eigenvalue weighted by molar-refractivity contribution is 6.29. The first-order valence-electron chi connectivity index (χ1n) is 6.08. The van der Waals surface area contributed by atoms with Gasteiger partial charge in [0, 0.05) is 17.1 Å². The summed E-state index contributed by atoms with van der Waals surface area (Å²) in [6.07, 6.45) is -1.39. The van der Waals surface area contributed by atoms with Crippen LogP contribution in [-0.2, 0) is 4.79 Å². The molecule has 1 heterocycles. The van der Waals surface area contributed by atoms with Crippen molar-refractivity contribution < 1.29 is 24.6 Å². The zero-order valence-corrected chi connectivity index (χ0v) is 10.5. The monoisotopic (exact) mass is 273 g/mol. The number of allylic oxidation sites excluding steroid dienone is 1. The third kappa shape index (κ3) is 1.45. The lowest BCUT2D eigenvalue weighted by Gasteiger charge is -2.32. The normalized spacial score (nSPS) is 25.2. The van der Waals surface area contributed by atoms with Crippen molar-refractivity contribution in [3.8, 4) is 5.75 Å². The molecular weight excluding hydrogens is 262 g/mol. The van der Waals surface area contributed by atoms with Crippen molar-refractivity contribution >= 4 is 17.5 Å². The number of rotatable bonds is 0. The van der Waals surface area contributed by atoms with Gasteiger partial charge in [-0.25, -0.2) is 0 Å². The molecule has 1 aromatic rings. The lowest BCUT2D eigenvalue weighted by Crippen LogP contribution is -2.49. The van der Waals surface area contributed by atoms with Gasteiger partial charge in [0.25, 0.3) is 5.91 Å². The fourth-order valence-corrected chi connectivity index (χ4v) is 2.61. The van der Waals surface area contributed by atoms with Crippen molar-refractivity contribution in [2.24, 2.45) is 5.92 Å². The van der Waals surface area contributed by atoms with Crippen LogP contribution in [-0.4, -0.2) is 33.8 Å². The van der Waals surface area contributed by atoms with E-state index in [1.807, 2.05) is 0 Å². The number of hydrogen-bond acceptors (Lipinski definition) is 5. The molecule has 6 nitrogen and oxygen atoms in total. The average molecular weight is 273 g/mol. The van der Waals surface area contributed by atoms with Crippen molar-refractivity contribution in [1.82, 2.24) is 5.32 Å². The number of hydrogen-bond donors (Lipinski definition) is 3. The van der Waals surface area contributed by atoms with Gasteiger partial charge in [-0.05, 0) is 12.1 Å². The molecular formula is C14H11NO5. The van der Waals surface area contributed by atoms with Crippen LogP contribution in [0.4, 0.5) is 0 Å². The number of phenolic OH excluding ortho intramolecular Hbond substituents is 1. The fourth-order valence-electron chi connectivity index (χ4n) is 2.61. The van der Waals surface area contributed by atoms with Crippen LogP contribution in [0.15, 0.2) is 29.5 Å². The summed E-state index contributed by atoms with van der Waals surface area (Å²) in [4.78, 5) is 36.4. The Hall–Kier alpha value is -2.47. The molecule has 0 radical (unpaired) electrons. The number of benzene rings is 1. The molecule has 0 fully saturated rings. The number of carbonyl (C=O) groups excluding carboxylic acids is 3. The topological polar surface area (TPSA) is 104 Å². The molecule has 1 aliphatic carbocycles. The standard InChI is InChI=1S/C14H11NO5/c1-5-8-10(15-14(20)11(5)17)12(18)6-3-2-4-7(16)9(6)13(8)19/h2-5,11,16-17H,1H3,(H,15,20)/t5-,11+/m0/s1. The number of aliphatic hydroxyl groups is 1. The second-order valence-corrected chi connectivity index (χ2v) is 4.87. The Balaban J connectivity index is 2.26. The minimum Gasteiger partial charge on any atom is -0.507 e. The molecule has 1 amide bonds. The molecule has 0 unspecified atom stereocenters. The van der Waals surface area contributed by atoms with Gasteiger partial charge in [0.15, 0.2) is 5.78 Å². The summed E-state index contributed by atoms with van der Waals surface area (Å²) in [5.74, 6) is -2.87. The number of ketones is 2. The first kappa shape index (κ1) is 12.6. The summed E-state index contributed by atoms with van der Waals surface area (Å²) >= 11 is 0. The predicted octanol–water partition coefficient (Wildman–Crippen LogP) is 0.152. The number of nitrogens with one attached hydrogen (secondary N) is 1. The second-order valence-electron chi connectivity index (χ2n) is 4.87. The highest BCUT2D eigenvalue weighted by atomic mass is 16.3. The van der Waals surface area contributed by atoms with Gasteiger partial charge in [-0.3, -0.25) is 14.4 Å². The van der Waals surface area contributed by atoms with E-state index in [0.29, 0.717) is 0 Å². The van der Waals surface area contributed by atoms with E-state index in [4.69, 9.17) is 0 Å². The zero-order chi connectivity index (χ0) is 14.6. The fraction of sp³-hybridized carbons (Fsp3) is 0.214. The minimum absolute atomic E-state index is 0.0381. The van der Waals surface area contributed by atoms with Crippen LogP contribution >= 0.6 is 0 Å². The summed E-state index contributed by atoms with van der Waals surface area (Å²) in [5.41, 5.74) is -0.0870. The highest BCUT2D eigenvalue weighted by Gasteiger charge is 2.44. The molecule has 0 saturated carbocycles. The van der Waals surface area contributed by atoms with Crippen LogP contribution in [0.1, 0.15) is 27.6 Å². The molecule has 102 valence electrons. The third-order valence-electron chi connectivity index (χ3n) is 3.70. The Bertz CT molecular complexity index is 704. The van der Waals surface area contributed by atoms with Gasteiger partial charge in [-0.1, -0.05) is 13.0 Å². The van der Waals surface area contributed by atoms with Crippen LogP contribution < -0.4 is 5.32 Å². The summed E-state index contributed by atoms with van der Waals surface area (Å²) in [6.45, 7) is 1.49. The smallest absolute Gasteiger partial charge is 0.253 e. The quantitative estimate of drug-likeness (QED) is 0.624. The first-order chi connectivity index (χ1) is 9.43. The van der Waals surface area contributed by atoms with Crippen LogP contribution in [0.5, 0.6) is 5.75 Å². The maximum absolute atomic E-state index is 12.4. The van der Waals surface area contributed by atoms with Crippen molar-refractivity contribution in [1.29, 1.82) is 0 Å². The minimum atomic E-state index is -1.39. The van der Waals surface area contributed by atoms with Crippen LogP contribution in [0.25, 0.3) is 0 Å². The zero-order valence-electron chi connectivity index (χ0n) is 10.5. The van der Waals surface area contributed by atoms with Gasteiger partial charge in [0.05, 0.1) is 11.3 Å². The molecule has 0 saturated heterocycles. The Kier molecular flexibility index (Phi) is 2.52.